The lowest BCUT2D eigenvalue weighted by Gasteiger charge is -2.17. The topological polar surface area (TPSA) is 93.7 Å². The fourth-order valence-electron chi connectivity index (χ4n) is 3.14. The Bertz CT molecular complexity index is 928. The molecule has 28 heavy (non-hydrogen) atoms. The van der Waals surface area contributed by atoms with Crippen molar-refractivity contribution in [1.82, 2.24) is 14.7 Å². The Kier molecular flexibility index (Phi) is 6.35. The minimum Gasteiger partial charge on any atom is -0.496 e. The van der Waals surface area contributed by atoms with Crippen LogP contribution in [-0.4, -0.2) is 51.7 Å². The van der Waals surface area contributed by atoms with Crippen LogP contribution in [0.25, 0.3) is 0 Å². The Balaban J connectivity index is 1.57. The van der Waals surface area contributed by atoms with Gasteiger partial charge in [-0.2, -0.15) is 4.98 Å². The molecule has 1 saturated heterocycles. The number of nitrogens with one attached hydrogen (secondary N) is 1. The highest BCUT2D eigenvalue weighted by Gasteiger charge is 2.17. The number of methoxy groups -OCH3 is 1. The summed E-state index contributed by atoms with van der Waals surface area (Å²) in [6, 6.07) is 6.55. The third-order valence-electron chi connectivity index (χ3n) is 4.55. The summed E-state index contributed by atoms with van der Waals surface area (Å²) < 4.78 is 38.2. The molecule has 1 N–H and O–H groups in total. The van der Waals surface area contributed by atoms with Crippen LogP contribution in [0, 0.1) is 13.8 Å². The summed E-state index contributed by atoms with van der Waals surface area (Å²) >= 11 is 0. The number of nitrogens with zero attached hydrogens (tertiary/aromatic N) is 3. The van der Waals surface area contributed by atoms with Gasteiger partial charge >= 0.3 is 0 Å². The third kappa shape index (κ3) is 4.90. The summed E-state index contributed by atoms with van der Waals surface area (Å²) in [5.41, 5.74) is 0.757. The van der Waals surface area contributed by atoms with E-state index < -0.39 is 10.0 Å². The number of aromatic nitrogens is 2. The first kappa shape index (κ1) is 20.3. The Morgan fingerprint density at radius 2 is 1.89 bits per heavy atom. The largest absolute Gasteiger partial charge is 0.496 e. The monoisotopic (exact) mass is 406 g/mol. The number of benzene rings is 1. The lowest BCUT2D eigenvalue weighted by Crippen LogP contribution is -2.28. The minimum atomic E-state index is -3.62. The zero-order valence-corrected chi connectivity index (χ0v) is 17.3. The highest BCUT2D eigenvalue weighted by molar-refractivity contribution is 7.89. The number of hydrogen-bond acceptors (Lipinski definition) is 7. The van der Waals surface area contributed by atoms with Gasteiger partial charge in [0.2, 0.25) is 15.9 Å². The molecule has 0 saturated carbocycles. The van der Waals surface area contributed by atoms with Gasteiger partial charge in [-0.1, -0.05) is 0 Å². The Hall–Kier alpha value is -2.39. The van der Waals surface area contributed by atoms with E-state index in [4.69, 9.17) is 9.47 Å². The lowest BCUT2D eigenvalue weighted by atomic mass is 10.2. The van der Waals surface area contributed by atoms with Crippen molar-refractivity contribution in [3.05, 3.63) is 35.7 Å². The Morgan fingerprint density at radius 3 is 2.57 bits per heavy atom. The van der Waals surface area contributed by atoms with E-state index in [-0.39, 0.29) is 18.0 Å². The van der Waals surface area contributed by atoms with Crippen molar-refractivity contribution in [1.29, 1.82) is 0 Å². The fraction of sp³-hybridized carbons (Fsp3) is 0.474. The molecule has 0 spiro atoms. The van der Waals surface area contributed by atoms with Gasteiger partial charge in [0.15, 0.2) is 0 Å². The van der Waals surface area contributed by atoms with Gasteiger partial charge in [-0.05, 0) is 50.5 Å². The number of ether oxygens (including phenoxy) is 2. The summed E-state index contributed by atoms with van der Waals surface area (Å²) in [6.45, 7) is 5.89. The van der Waals surface area contributed by atoms with Gasteiger partial charge < -0.3 is 14.4 Å². The smallest absolute Gasteiger partial charge is 0.240 e. The summed E-state index contributed by atoms with van der Waals surface area (Å²) in [5.74, 6) is 2.59. The van der Waals surface area contributed by atoms with Gasteiger partial charge in [0.1, 0.15) is 24.0 Å². The summed E-state index contributed by atoms with van der Waals surface area (Å²) in [6.07, 6.45) is 2.32. The van der Waals surface area contributed by atoms with Gasteiger partial charge in [0.25, 0.3) is 0 Å². The number of aryl methyl sites for hydroxylation is 2. The second-order valence-corrected chi connectivity index (χ2v) is 8.45. The first-order chi connectivity index (χ1) is 13.4. The molecular formula is C19H26N4O4S. The summed E-state index contributed by atoms with van der Waals surface area (Å²) in [4.78, 5) is 11.1. The fourth-order valence-corrected chi connectivity index (χ4v) is 4.24. The number of sulfonamides is 1. The quantitative estimate of drug-likeness (QED) is 0.671. The highest BCUT2D eigenvalue weighted by Crippen LogP contribution is 2.22. The third-order valence-corrected chi connectivity index (χ3v) is 6.01. The van der Waals surface area contributed by atoms with Crippen molar-refractivity contribution in [2.45, 2.75) is 31.6 Å². The molecule has 3 rings (SSSR count). The standard InChI is InChI=1S/C19H26N4O4S/c1-14-12-16(6-7-17(14)26-3)28(24,25)20-8-11-27-19-13-18(21-15(2)22-19)23-9-4-5-10-23/h6-7,12-13,20H,4-5,8-11H2,1-3H3. The van der Waals surface area contributed by atoms with Crippen LogP contribution in [0.1, 0.15) is 24.2 Å². The first-order valence-electron chi connectivity index (χ1n) is 9.27. The maximum atomic E-state index is 12.4. The first-order valence-corrected chi connectivity index (χ1v) is 10.7. The number of rotatable bonds is 8. The SMILES string of the molecule is COc1ccc(S(=O)(=O)NCCOc2cc(N3CCCC3)nc(C)n2)cc1C. The van der Waals surface area contributed by atoms with Crippen LogP contribution in [0.15, 0.2) is 29.2 Å². The molecule has 0 bridgehead atoms. The van der Waals surface area contributed by atoms with Gasteiger partial charge in [-0.25, -0.2) is 18.1 Å². The maximum Gasteiger partial charge on any atom is 0.240 e. The molecule has 8 nitrogen and oxygen atoms in total. The Morgan fingerprint density at radius 1 is 1.14 bits per heavy atom. The van der Waals surface area contributed by atoms with E-state index in [0.29, 0.717) is 17.5 Å². The molecule has 2 aromatic rings. The van der Waals surface area contributed by atoms with Crippen LogP contribution >= 0.6 is 0 Å². The molecule has 0 unspecified atom stereocenters. The van der Waals surface area contributed by atoms with Gasteiger partial charge in [0.05, 0.1) is 12.0 Å². The van der Waals surface area contributed by atoms with Gasteiger partial charge in [-0.3, -0.25) is 0 Å². The van der Waals surface area contributed by atoms with Crippen molar-refractivity contribution >= 4 is 15.8 Å². The zero-order valence-electron chi connectivity index (χ0n) is 16.4. The molecule has 1 fully saturated rings. The molecule has 0 radical (unpaired) electrons. The lowest BCUT2D eigenvalue weighted by molar-refractivity contribution is 0.309. The molecule has 0 aliphatic carbocycles. The second-order valence-electron chi connectivity index (χ2n) is 6.68. The van der Waals surface area contributed by atoms with E-state index in [1.165, 1.54) is 6.07 Å². The average molecular weight is 407 g/mol. The predicted molar refractivity (Wildman–Crippen MR) is 107 cm³/mol. The van der Waals surface area contributed by atoms with Crippen molar-refractivity contribution in [3.63, 3.8) is 0 Å². The van der Waals surface area contributed by atoms with Crippen molar-refractivity contribution in [2.75, 3.05) is 38.3 Å². The van der Waals surface area contributed by atoms with Crippen LogP contribution in [0.2, 0.25) is 0 Å². The van der Waals surface area contributed by atoms with Crippen LogP contribution in [-0.2, 0) is 10.0 Å². The minimum absolute atomic E-state index is 0.134. The van der Waals surface area contributed by atoms with Crippen molar-refractivity contribution in [3.8, 4) is 11.6 Å². The van der Waals surface area contributed by atoms with E-state index in [1.807, 2.05) is 6.92 Å². The molecule has 2 heterocycles. The molecule has 9 heteroatoms. The molecule has 152 valence electrons. The van der Waals surface area contributed by atoms with Crippen molar-refractivity contribution < 1.29 is 17.9 Å². The van der Waals surface area contributed by atoms with E-state index in [1.54, 1.807) is 32.2 Å². The van der Waals surface area contributed by atoms with Crippen LogP contribution in [0.5, 0.6) is 11.6 Å². The number of hydrogen-bond donors (Lipinski definition) is 1. The van der Waals surface area contributed by atoms with E-state index in [0.717, 1.165) is 37.3 Å². The normalized spacial score (nSPS) is 14.3. The molecule has 1 aromatic carbocycles. The highest BCUT2D eigenvalue weighted by atomic mass is 32.2. The van der Waals surface area contributed by atoms with E-state index in [2.05, 4.69) is 19.6 Å². The second kappa shape index (κ2) is 8.74. The van der Waals surface area contributed by atoms with Crippen LogP contribution in [0.3, 0.4) is 0 Å². The van der Waals surface area contributed by atoms with Crippen molar-refractivity contribution in [2.24, 2.45) is 0 Å². The summed E-state index contributed by atoms with van der Waals surface area (Å²) in [7, 11) is -2.07. The van der Waals surface area contributed by atoms with Crippen LogP contribution in [0.4, 0.5) is 5.82 Å². The number of anilines is 1. The molecule has 1 aromatic heterocycles. The summed E-state index contributed by atoms with van der Waals surface area (Å²) in [5, 5.41) is 0. The zero-order chi connectivity index (χ0) is 20.1. The maximum absolute atomic E-state index is 12.4. The molecule has 0 atom stereocenters. The predicted octanol–water partition coefficient (Wildman–Crippen LogP) is 2.06. The molecular weight excluding hydrogens is 380 g/mol. The van der Waals surface area contributed by atoms with Crippen LogP contribution < -0.4 is 19.1 Å². The van der Waals surface area contributed by atoms with Gasteiger partial charge in [0, 0.05) is 25.7 Å². The average Bonchev–Trinajstić information content (AvgIpc) is 3.19. The molecule has 1 aliphatic rings. The van der Waals surface area contributed by atoms with E-state index in [9.17, 15) is 8.42 Å². The molecule has 1 aliphatic heterocycles. The van der Waals surface area contributed by atoms with E-state index >= 15 is 0 Å². The molecule has 0 amide bonds. The Labute approximate surface area is 166 Å². The van der Waals surface area contributed by atoms with Gasteiger partial charge in [-0.15, -0.1) is 0 Å².